The highest BCUT2D eigenvalue weighted by Gasteiger charge is 2.26. The summed E-state index contributed by atoms with van der Waals surface area (Å²) in [6.45, 7) is 0.595. The number of carbonyl (C=O) groups is 1. The summed E-state index contributed by atoms with van der Waals surface area (Å²) >= 11 is 2.98. The van der Waals surface area contributed by atoms with Crippen LogP contribution in [0.2, 0.25) is 0 Å². The van der Waals surface area contributed by atoms with Crippen molar-refractivity contribution in [2.75, 3.05) is 13.2 Å². The lowest BCUT2D eigenvalue weighted by Crippen LogP contribution is -2.32. The summed E-state index contributed by atoms with van der Waals surface area (Å²) in [4.78, 5) is 10.2. The summed E-state index contributed by atoms with van der Waals surface area (Å²) < 4.78 is 46.0. The van der Waals surface area contributed by atoms with Crippen molar-refractivity contribution < 1.29 is 27.4 Å². The summed E-state index contributed by atoms with van der Waals surface area (Å²) in [7, 11) is -4.16. The number of carboxylic acid groups (broad SMARTS) is 1. The summed E-state index contributed by atoms with van der Waals surface area (Å²) in [6, 6.07) is 2.04. The number of carboxylic acids is 1. The molecular weight excluding hydrogens is 369 g/mol. The number of hydrogen-bond acceptors (Lipinski definition) is 4. The van der Waals surface area contributed by atoms with Crippen LogP contribution in [0.3, 0.4) is 0 Å². The molecule has 1 aromatic rings. The van der Waals surface area contributed by atoms with Gasteiger partial charge in [-0.05, 0) is 25.0 Å². The normalized spacial score (nSPS) is 18.9. The van der Waals surface area contributed by atoms with Crippen molar-refractivity contribution in [3.05, 3.63) is 28.0 Å². The first-order valence-corrected chi connectivity index (χ1v) is 8.42. The molecule has 0 saturated carbocycles. The maximum absolute atomic E-state index is 14.0. The van der Waals surface area contributed by atoms with Crippen molar-refractivity contribution in [2.45, 2.75) is 23.8 Å². The molecule has 0 spiro atoms. The lowest BCUT2D eigenvalue weighted by Gasteiger charge is -2.13. The Hall–Kier alpha value is -1.03. The highest BCUT2D eigenvalue weighted by Crippen LogP contribution is 2.24. The number of sulfonamides is 1. The molecule has 0 amide bonds. The third-order valence-corrected chi connectivity index (χ3v) is 4.93. The van der Waals surface area contributed by atoms with Crippen molar-refractivity contribution in [2.24, 2.45) is 0 Å². The van der Waals surface area contributed by atoms with E-state index in [1.807, 2.05) is 0 Å². The third-order valence-electron chi connectivity index (χ3n) is 3.05. The molecule has 6 nitrogen and oxygen atoms in total. The van der Waals surface area contributed by atoms with E-state index in [0.29, 0.717) is 6.61 Å². The maximum atomic E-state index is 14.0. The minimum Gasteiger partial charge on any atom is -0.478 e. The topological polar surface area (TPSA) is 92.7 Å². The predicted octanol–water partition coefficient (Wildman–Crippen LogP) is 1.74. The Balaban J connectivity index is 2.28. The molecule has 2 N–H and O–H groups in total. The Labute approximate surface area is 129 Å². The first kappa shape index (κ1) is 16.3. The van der Waals surface area contributed by atoms with Crippen LogP contribution >= 0.6 is 15.9 Å². The van der Waals surface area contributed by atoms with Crippen LogP contribution in [0.1, 0.15) is 23.2 Å². The Morgan fingerprint density at radius 2 is 2.24 bits per heavy atom. The van der Waals surface area contributed by atoms with Gasteiger partial charge in [-0.2, -0.15) is 0 Å². The zero-order valence-corrected chi connectivity index (χ0v) is 13.2. The second-order valence-electron chi connectivity index (χ2n) is 4.56. The zero-order chi connectivity index (χ0) is 15.6. The highest BCUT2D eigenvalue weighted by atomic mass is 79.9. The van der Waals surface area contributed by atoms with Gasteiger partial charge in [0, 0.05) is 17.6 Å². The molecule has 0 aromatic heterocycles. The van der Waals surface area contributed by atoms with Crippen molar-refractivity contribution in [1.29, 1.82) is 0 Å². The van der Waals surface area contributed by atoms with Crippen LogP contribution in [0.5, 0.6) is 0 Å². The van der Waals surface area contributed by atoms with Crippen LogP contribution in [0.15, 0.2) is 21.5 Å². The van der Waals surface area contributed by atoms with E-state index in [9.17, 15) is 17.6 Å². The number of halogens is 2. The fraction of sp³-hybridized carbons (Fsp3) is 0.417. The van der Waals surface area contributed by atoms with Gasteiger partial charge in [0.15, 0.2) is 5.82 Å². The summed E-state index contributed by atoms with van der Waals surface area (Å²) in [5.74, 6) is -2.82. The molecule has 1 saturated heterocycles. The van der Waals surface area contributed by atoms with E-state index in [-0.39, 0.29) is 17.1 Å². The molecule has 1 atom stereocenters. The van der Waals surface area contributed by atoms with E-state index in [2.05, 4.69) is 20.7 Å². The van der Waals surface area contributed by atoms with Crippen LogP contribution in [-0.4, -0.2) is 38.7 Å². The van der Waals surface area contributed by atoms with E-state index in [0.717, 1.165) is 25.0 Å². The number of aromatic carboxylic acids is 1. The smallest absolute Gasteiger partial charge is 0.338 e. The number of ether oxygens (including phenoxy) is 1. The zero-order valence-electron chi connectivity index (χ0n) is 10.8. The molecule has 1 heterocycles. The van der Waals surface area contributed by atoms with E-state index < -0.39 is 32.3 Å². The van der Waals surface area contributed by atoms with Crippen LogP contribution in [0.25, 0.3) is 0 Å². The largest absolute Gasteiger partial charge is 0.478 e. The third kappa shape index (κ3) is 3.79. The summed E-state index contributed by atoms with van der Waals surface area (Å²) in [5, 5.41) is 8.89. The Morgan fingerprint density at radius 1 is 1.52 bits per heavy atom. The standard InChI is InChI=1S/C12H13BrFNO5S/c13-7-4-9(12(16)17)11(14)10(5-7)21(18,19)15-6-8-2-1-3-20-8/h4-5,8,15H,1-3,6H2,(H,16,17). The van der Waals surface area contributed by atoms with Crippen molar-refractivity contribution in [3.63, 3.8) is 0 Å². The lowest BCUT2D eigenvalue weighted by atomic mass is 10.2. The number of nitrogens with one attached hydrogen (secondary N) is 1. The van der Waals surface area contributed by atoms with Crippen molar-refractivity contribution >= 4 is 31.9 Å². The first-order valence-electron chi connectivity index (χ1n) is 6.15. The molecule has 116 valence electrons. The minimum absolute atomic E-state index is 0.0245. The second kappa shape index (κ2) is 6.39. The molecule has 0 radical (unpaired) electrons. The molecule has 9 heteroatoms. The summed E-state index contributed by atoms with van der Waals surface area (Å²) in [5.41, 5.74) is -0.707. The Kier molecular flexibility index (Phi) is 4.97. The van der Waals surface area contributed by atoms with Gasteiger partial charge in [0.25, 0.3) is 0 Å². The molecule has 2 rings (SSSR count). The lowest BCUT2D eigenvalue weighted by molar-refractivity contribution is 0.0691. The van der Waals surface area contributed by atoms with Gasteiger partial charge in [0.1, 0.15) is 4.90 Å². The number of hydrogen-bond donors (Lipinski definition) is 2. The second-order valence-corrected chi connectivity index (χ2v) is 7.21. The SMILES string of the molecule is O=C(O)c1cc(Br)cc(S(=O)(=O)NCC2CCCO2)c1F. The summed E-state index contributed by atoms with van der Waals surface area (Å²) in [6.07, 6.45) is 1.33. The van der Waals surface area contributed by atoms with Gasteiger partial charge in [0.2, 0.25) is 10.0 Å². The molecule has 1 unspecified atom stereocenters. The van der Waals surface area contributed by atoms with E-state index >= 15 is 0 Å². The maximum Gasteiger partial charge on any atom is 0.338 e. The molecule has 1 aliphatic rings. The van der Waals surface area contributed by atoms with Crippen molar-refractivity contribution in [3.8, 4) is 0 Å². The molecule has 1 aliphatic heterocycles. The van der Waals surface area contributed by atoms with Crippen LogP contribution in [0.4, 0.5) is 4.39 Å². The van der Waals surface area contributed by atoms with Crippen LogP contribution in [0, 0.1) is 5.82 Å². The monoisotopic (exact) mass is 381 g/mol. The first-order chi connectivity index (χ1) is 9.81. The van der Waals surface area contributed by atoms with Crippen LogP contribution in [-0.2, 0) is 14.8 Å². The predicted molar refractivity (Wildman–Crippen MR) is 75.2 cm³/mol. The number of rotatable bonds is 5. The van der Waals surface area contributed by atoms with Gasteiger partial charge in [-0.25, -0.2) is 22.3 Å². The quantitative estimate of drug-likeness (QED) is 0.810. The average Bonchev–Trinajstić information content (AvgIpc) is 2.91. The van der Waals surface area contributed by atoms with Gasteiger partial charge in [-0.1, -0.05) is 15.9 Å². The fourth-order valence-corrected chi connectivity index (χ4v) is 3.80. The van der Waals surface area contributed by atoms with Gasteiger partial charge in [-0.3, -0.25) is 0 Å². The van der Waals surface area contributed by atoms with E-state index in [4.69, 9.17) is 9.84 Å². The van der Waals surface area contributed by atoms with Gasteiger partial charge >= 0.3 is 5.97 Å². The molecule has 1 aromatic carbocycles. The Morgan fingerprint density at radius 3 is 2.81 bits per heavy atom. The van der Waals surface area contributed by atoms with E-state index in [1.165, 1.54) is 0 Å². The molecule has 0 aliphatic carbocycles. The average molecular weight is 382 g/mol. The van der Waals surface area contributed by atoms with Crippen LogP contribution < -0.4 is 4.72 Å². The van der Waals surface area contributed by atoms with Gasteiger partial charge in [-0.15, -0.1) is 0 Å². The minimum atomic E-state index is -4.16. The molecule has 21 heavy (non-hydrogen) atoms. The van der Waals surface area contributed by atoms with Gasteiger partial charge in [0.05, 0.1) is 11.7 Å². The van der Waals surface area contributed by atoms with Crippen molar-refractivity contribution in [1.82, 2.24) is 4.72 Å². The van der Waals surface area contributed by atoms with Gasteiger partial charge < -0.3 is 9.84 Å². The fourth-order valence-electron chi connectivity index (χ4n) is 2.00. The number of benzene rings is 1. The molecule has 1 fully saturated rings. The molecular formula is C12H13BrFNO5S. The Bertz CT molecular complexity index is 658. The highest BCUT2D eigenvalue weighted by molar-refractivity contribution is 9.10. The molecule has 0 bridgehead atoms. The van der Waals surface area contributed by atoms with E-state index in [1.54, 1.807) is 0 Å².